The number of benzene rings is 2. The zero-order chi connectivity index (χ0) is 21.4. The van der Waals surface area contributed by atoms with Gasteiger partial charge in [0.05, 0.1) is 39.8 Å². The quantitative estimate of drug-likeness (QED) is 0.671. The third kappa shape index (κ3) is 3.06. The molecule has 2 aliphatic heterocycles. The molecule has 10 nitrogen and oxygen atoms in total. The highest BCUT2D eigenvalue weighted by Crippen LogP contribution is 2.39. The molecule has 0 aromatic heterocycles. The number of imide groups is 1. The van der Waals surface area contributed by atoms with Crippen LogP contribution in [0, 0.1) is 0 Å². The minimum Gasteiger partial charge on any atom is -0.497 e. The fraction of sp³-hybridized carbons (Fsp3) is 0.300. The van der Waals surface area contributed by atoms with Crippen LogP contribution in [0.2, 0.25) is 0 Å². The molecule has 0 aliphatic carbocycles. The molecule has 2 aromatic rings. The van der Waals surface area contributed by atoms with Crippen LogP contribution in [-0.4, -0.2) is 52.3 Å². The fourth-order valence-corrected chi connectivity index (χ4v) is 3.47. The van der Waals surface area contributed by atoms with Crippen LogP contribution in [0.15, 0.2) is 46.7 Å². The molecule has 10 heteroatoms. The van der Waals surface area contributed by atoms with Crippen LogP contribution < -0.4 is 28.9 Å². The van der Waals surface area contributed by atoms with E-state index in [2.05, 4.69) is 10.3 Å². The summed E-state index contributed by atoms with van der Waals surface area (Å²) in [5, 5.41) is 9.53. The van der Waals surface area contributed by atoms with Crippen LogP contribution in [0.1, 0.15) is 0 Å². The van der Waals surface area contributed by atoms with E-state index in [0.717, 1.165) is 4.90 Å². The summed E-state index contributed by atoms with van der Waals surface area (Å²) in [4.78, 5) is 27.4. The topological polar surface area (TPSA) is 102 Å². The molecule has 1 fully saturated rings. The zero-order valence-electron chi connectivity index (χ0n) is 16.9. The SMILES string of the molecule is COc1cc(OC)cc(N2C(=O)[C@H]3N=NN(c4cc(OC)cc(OC)c4)[C@H]3C2=O)c1. The Kier molecular flexibility index (Phi) is 4.90. The molecule has 0 unspecified atom stereocenters. The summed E-state index contributed by atoms with van der Waals surface area (Å²) in [5.41, 5.74) is 0.864. The number of fused-ring (bicyclic) bond motifs is 1. The lowest BCUT2D eigenvalue weighted by Crippen LogP contribution is -2.40. The minimum atomic E-state index is -0.952. The van der Waals surface area contributed by atoms with E-state index >= 15 is 0 Å². The molecule has 2 aromatic carbocycles. The number of anilines is 2. The van der Waals surface area contributed by atoms with E-state index in [9.17, 15) is 9.59 Å². The highest BCUT2D eigenvalue weighted by molar-refractivity contribution is 6.26. The number of carbonyl (C=O) groups is 2. The molecule has 0 saturated carbocycles. The molecular formula is C20H20N4O6. The predicted octanol–water partition coefficient (Wildman–Crippen LogP) is 2.22. The van der Waals surface area contributed by atoms with E-state index in [1.54, 1.807) is 36.4 Å². The number of nitrogens with zero attached hydrogens (tertiary/aromatic N) is 4. The monoisotopic (exact) mass is 412 g/mol. The Morgan fingerprint density at radius 2 is 1.17 bits per heavy atom. The van der Waals surface area contributed by atoms with Crippen LogP contribution in [0.3, 0.4) is 0 Å². The van der Waals surface area contributed by atoms with Crippen LogP contribution in [0.5, 0.6) is 23.0 Å². The maximum Gasteiger partial charge on any atom is 0.263 e. The number of carbonyl (C=O) groups excluding carboxylic acids is 2. The van der Waals surface area contributed by atoms with Crippen LogP contribution in [0.4, 0.5) is 11.4 Å². The van der Waals surface area contributed by atoms with Gasteiger partial charge in [0.1, 0.15) is 23.0 Å². The summed E-state index contributed by atoms with van der Waals surface area (Å²) in [5.74, 6) is 1.04. The summed E-state index contributed by atoms with van der Waals surface area (Å²) in [7, 11) is 6.03. The number of amides is 2. The van der Waals surface area contributed by atoms with Crippen molar-refractivity contribution in [3.8, 4) is 23.0 Å². The van der Waals surface area contributed by atoms with Gasteiger partial charge < -0.3 is 18.9 Å². The first-order valence-corrected chi connectivity index (χ1v) is 9.04. The maximum absolute atomic E-state index is 13.3. The predicted molar refractivity (Wildman–Crippen MR) is 106 cm³/mol. The molecule has 2 amide bonds. The first-order valence-electron chi connectivity index (χ1n) is 9.04. The minimum absolute atomic E-state index is 0.342. The Hall–Kier alpha value is -3.82. The van der Waals surface area contributed by atoms with Gasteiger partial charge in [-0.2, -0.15) is 5.11 Å². The summed E-state index contributed by atoms with van der Waals surface area (Å²) >= 11 is 0. The number of rotatable bonds is 6. The lowest BCUT2D eigenvalue weighted by molar-refractivity contribution is -0.121. The van der Waals surface area contributed by atoms with Crippen LogP contribution in [-0.2, 0) is 9.59 Å². The van der Waals surface area contributed by atoms with Crippen molar-refractivity contribution in [2.75, 3.05) is 38.3 Å². The lowest BCUT2D eigenvalue weighted by atomic mass is 10.1. The van der Waals surface area contributed by atoms with Crippen molar-refractivity contribution in [3.63, 3.8) is 0 Å². The molecule has 2 aliphatic rings. The van der Waals surface area contributed by atoms with Crippen molar-refractivity contribution in [1.29, 1.82) is 0 Å². The van der Waals surface area contributed by atoms with Crippen molar-refractivity contribution >= 4 is 23.2 Å². The molecule has 30 heavy (non-hydrogen) atoms. The fourth-order valence-electron chi connectivity index (χ4n) is 3.47. The highest BCUT2D eigenvalue weighted by atomic mass is 16.5. The molecule has 1 saturated heterocycles. The summed E-state index contributed by atoms with van der Waals surface area (Å²) in [6.07, 6.45) is 0. The van der Waals surface area contributed by atoms with Gasteiger partial charge >= 0.3 is 0 Å². The standard InChI is InChI=1S/C20H20N4O6/c1-27-13-5-11(6-14(9-13)28-2)23-19(25)17-18(20(23)26)24(22-21-17)12-7-15(29-3)10-16(8-12)30-4/h5-10,17-18H,1-4H3/t17-,18+/m0/s1. The van der Waals surface area contributed by atoms with E-state index in [4.69, 9.17) is 18.9 Å². The highest BCUT2D eigenvalue weighted by Gasteiger charge is 2.55. The van der Waals surface area contributed by atoms with Gasteiger partial charge in [0.25, 0.3) is 11.8 Å². The summed E-state index contributed by atoms with van der Waals surface area (Å²) in [6, 6.07) is 8.07. The second-order valence-corrected chi connectivity index (χ2v) is 6.59. The average Bonchev–Trinajstić information content (AvgIpc) is 3.32. The first-order chi connectivity index (χ1) is 14.5. The van der Waals surface area contributed by atoms with Gasteiger partial charge in [-0.1, -0.05) is 5.22 Å². The van der Waals surface area contributed by atoms with Gasteiger partial charge in [0, 0.05) is 36.4 Å². The van der Waals surface area contributed by atoms with E-state index in [0.29, 0.717) is 34.4 Å². The number of methoxy groups -OCH3 is 4. The molecule has 2 heterocycles. The molecule has 0 radical (unpaired) electrons. The van der Waals surface area contributed by atoms with Crippen molar-refractivity contribution in [2.45, 2.75) is 12.1 Å². The van der Waals surface area contributed by atoms with E-state index in [1.807, 2.05) is 0 Å². The van der Waals surface area contributed by atoms with Gasteiger partial charge in [-0.15, -0.1) is 0 Å². The summed E-state index contributed by atoms with van der Waals surface area (Å²) < 4.78 is 21.1. The van der Waals surface area contributed by atoms with Crippen molar-refractivity contribution in [3.05, 3.63) is 36.4 Å². The smallest absolute Gasteiger partial charge is 0.263 e. The van der Waals surface area contributed by atoms with Crippen LogP contribution >= 0.6 is 0 Å². The van der Waals surface area contributed by atoms with Crippen molar-refractivity contribution in [1.82, 2.24) is 0 Å². The van der Waals surface area contributed by atoms with Gasteiger partial charge in [-0.05, 0) is 0 Å². The molecule has 156 valence electrons. The Morgan fingerprint density at radius 1 is 0.700 bits per heavy atom. The third-order valence-corrected chi connectivity index (χ3v) is 4.98. The first kappa shape index (κ1) is 19.5. The Labute approximate surface area is 172 Å². The maximum atomic E-state index is 13.3. The van der Waals surface area contributed by atoms with Gasteiger partial charge in [-0.3, -0.25) is 9.59 Å². The van der Waals surface area contributed by atoms with Gasteiger partial charge in [0.2, 0.25) is 0 Å². The average molecular weight is 412 g/mol. The van der Waals surface area contributed by atoms with Gasteiger partial charge in [0.15, 0.2) is 12.1 Å². The molecule has 0 spiro atoms. The largest absolute Gasteiger partial charge is 0.497 e. The van der Waals surface area contributed by atoms with Crippen LogP contribution in [0.25, 0.3) is 0 Å². The number of hydrogen-bond acceptors (Lipinski definition) is 9. The Morgan fingerprint density at radius 3 is 1.63 bits per heavy atom. The molecular weight excluding hydrogens is 392 g/mol. The zero-order valence-corrected chi connectivity index (χ0v) is 16.9. The molecule has 2 atom stereocenters. The van der Waals surface area contributed by atoms with E-state index in [-0.39, 0.29) is 0 Å². The van der Waals surface area contributed by atoms with Crippen molar-refractivity contribution < 1.29 is 28.5 Å². The second kappa shape index (κ2) is 7.54. The normalized spacial score (nSPS) is 19.9. The second-order valence-electron chi connectivity index (χ2n) is 6.59. The Balaban J connectivity index is 1.72. The van der Waals surface area contributed by atoms with Crippen molar-refractivity contribution in [2.24, 2.45) is 10.3 Å². The lowest BCUT2D eigenvalue weighted by Gasteiger charge is -2.22. The summed E-state index contributed by atoms with van der Waals surface area (Å²) in [6.45, 7) is 0. The number of hydrogen-bond donors (Lipinski definition) is 0. The Bertz CT molecular complexity index is 995. The number of ether oxygens (including phenoxy) is 4. The molecule has 4 rings (SSSR count). The van der Waals surface area contributed by atoms with E-state index in [1.165, 1.54) is 33.4 Å². The van der Waals surface area contributed by atoms with E-state index < -0.39 is 23.9 Å². The molecule has 0 bridgehead atoms. The third-order valence-electron chi connectivity index (χ3n) is 4.98. The van der Waals surface area contributed by atoms with Gasteiger partial charge in [-0.25, -0.2) is 9.91 Å². The molecule has 0 N–H and O–H groups in total.